The molecule has 88 valence electrons. The van der Waals surface area contributed by atoms with E-state index in [1.54, 1.807) is 10.7 Å². The lowest BCUT2D eigenvalue weighted by Crippen LogP contribution is -2.23. The maximum atomic E-state index is 12.1. The van der Waals surface area contributed by atoms with Gasteiger partial charge in [0.15, 0.2) is 0 Å². The van der Waals surface area contributed by atoms with E-state index in [4.69, 9.17) is 0 Å². The molecule has 0 spiro atoms. The van der Waals surface area contributed by atoms with Crippen LogP contribution in [-0.4, -0.2) is 15.5 Å². The van der Waals surface area contributed by atoms with Gasteiger partial charge < -0.3 is 5.32 Å². The predicted octanol–water partition coefficient (Wildman–Crippen LogP) is 2.46. The Morgan fingerprint density at radius 1 is 1.53 bits per heavy atom. The minimum atomic E-state index is -0.108. The first-order valence-electron chi connectivity index (χ1n) is 5.99. The Labute approximate surface area is 99.6 Å². The fraction of sp³-hybridized carbons (Fsp3) is 0.385. The third kappa shape index (κ3) is 1.60. The molecule has 2 heterocycles. The summed E-state index contributed by atoms with van der Waals surface area (Å²) in [6.45, 7) is 2.07. The minimum absolute atomic E-state index is 0.108. The van der Waals surface area contributed by atoms with E-state index in [9.17, 15) is 4.79 Å². The molecule has 0 aromatic carbocycles. The van der Waals surface area contributed by atoms with E-state index in [1.165, 1.54) is 0 Å². The number of hydrogen-bond donors (Lipinski definition) is 1. The highest BCUT2D eigenvalue weighted by Crippen LogP contribution is 2.49. The van der Waals surface area contributed by atoms with Gasteiger partial charge in [-0.25, -0.2) is 4.52 Å². The molecule has 17 heavy (non-hydrogen) atoms. The van der Waals surface area contributed by atoms with Gasteiger partial charge in [-0.05, 0) is 31.4 Å². The molecule has 1 amide bonds. The van der Waals surface area contributed by atoms with E-state index < -0.39 is 0 Å². The summed E-state index contributed by atoms with van der Waals surface area (Å²) in [5, 5.41) is 7.20. The molecule has 0 radical (unpaired) electrons. The van der Waals surface area contributed by atoms with Crippen molar-refractivity contribution in [3.05, 3.63) is 30.6 Å². The summed E-state index contributed by atoms with van der Waals surface area (Å²) in [7, 11) is 0. The Morgan fingerprint density at radius 2 is 2.35 bits per heavy atom. The van der Waals surface area contributed by atoms with Crippen molar-refractivity contribution in [2.45, 2.75) is 26.2 Å². The average Bonchev–Trinajstić information content (AvgIpc) is 3.07. The summed E-state index contributed by atoms with van der Waals surface area (Å²) >= 11 is 0. The Morgan fingerprint density at radius 3 is 3.06 bits per heavy atom. The molecular formula is C13H15N3O. The second-order valence-electron chi connectivity index (χ2n) is 4.68. The SMILES string of the molecule is CCC1(C(=O)Nc2cnn3ccccc23)CC1. The van der Waals surface area contributed by atoms with Gasteiger partial charge >= 0.3 is 0 Å². The molecule has 0 aliphatic heterocycles. The van der Waals surface area contributed by atoms with Crippen LogP contribution in [0.15, 0.2) is 30.6 Å². The lowest BCUT2D eigenvalue weighted by molar-refractivity contribution is -0.121. The zero-order valence-corrected chi connectivity index (χ0v) is 9.81. The summed E-state index contributed by atoms with van der Waals surface area (Å²) in [6.07, 6.45) is 6.51. The number of anilines is 1. The number of rotatable bonds is 3. The molecule has 0 bridgehead atoms. The van der Waals surface area contributed by atoms with Crippen LogP contribution in [-0.2, 0) is 4.79 Å². The summed E-state index contributed by atoms with van der Waals surface area (Å²) in [5.74, 6) is 0.138. The van der Waals surface area contributed by atoms with Gasteiger partial charge in [0.1, 0.15) is 0 Å². The predicted molar refractivity (Wildman–Crippen MR) is 65.8 cm³/mol. The number of aromatic nitrogens is 2. The monoisotopic (exact) mass is 229 g/mol. The number of nitrogens with one attached hydrogen (secondary N) is 1. The molecule has 2 aromatic heterocycles. The summed E-state index contributed by atoms with van der Waals surface area (Å²) in [4.78, 5) is 12.1. The largest absolute Gasteiger partial charge is 0.322 e. The van der Waals surface area contributed by atoms with Crippen molar-refractivity contribution < 1.29 is 4.79 Å². The zero-order valence-electron chi connectivity index (χ0n) is 9.81. The number of hydrogen-bond acceptors (Lipinski definition) is 2. The molecule has 3 rings (SSSR count). The fourth-order valence-corrected chi connectivity index (χ4v) is 2.18. The smallest absolute Gasteiger partial charge is 0.230 e. The number of pyridine rings is 1. The van der Waals surface area contributed by atoms with Gasteiger partial charge in [0, 0.05) is 11.6 Å². The van der Waals surface area contributed by atoms with Gasteiger partial charge in [-0.3, -0.25) is 4.79 Å². The van der Waals surface area contributed by atoms with Gasteiger partial charge in [0.25, 0.3) is 0 Å². The van der Waals surface area contributed by atoms with Gasteiger partial charge in [0.2, 0.25) is 5.91 Å². The molecule has 1 aliphatic carbocycles. The van der Waals surface area contributed by atoms with Crippen LogP contribution in [0.25, 0.3) is 5.52 Å². The first-order valence-corrected chi connectivity index (χ1v) is 5.99. The average molecular weight is 229 g/mol. The molecule has 0 saturated heterocycles. The first-order chi connectivity index (χ1) is 8.25. The highest BCUT2D eigenvalue weighted by molar-refractivity contribution is 6.00. The number of fused-ring (bicyclic) bond motifs is 1. The van der Waals surface area contributed by atoms with E-state index in [0.717, 1.165) is 30.5 Å². The van der Waals surface area contributed by atoms with Gasteiger partial charge in [-0.15, -0.1) is 0 Å². The number of carbonyl (C=O) groups is 1. The second-order valence-corrected chi connectivity index (χ2v) is 4.68. The Bertz CT molecular complexity index is 569. The third-order valence-electron chi connectivity index (χ3n) is 3.69. The highest BCUT2D eigenvalue weighted by Gasteiger charge is 2.48. The van der Waals surface area contributed by atoms with Crippen LogP contribution in [0, 0.1) is 5.41 Å². The zero-order chi connectivity index (χ0) is 11.9. The van der Waals surface area contributed by atoms with Crippen LogP contribution in [0.4, 0.5) is 5.69 Å². The van der Waals surface area contributed by atoms with Crippen LogP contribution < -0.4 is 5.32 Å². The summed E-state index contributed by atoms with van der Waals surface area (Å²) < 4.78 is 1.77. The lowest BCUT2D eigenvalue weighted by atomic mass is 10.0. The molecule has 1 fully saturated rings. The molecular weight excluding hydrogens is 214 g/mol. The maximum absolute atomic E-state index is 12.1. The van der Waals surface area contributed by atoms with E-state index >= 15 is 0 Å². The summed E-state index contributed by atoms with van der Waals surface area (Å²) in [5.41, 5.74) is 1.63. The summed E-state index contributed by atoms with van der Waals surface area (Å²) in [6, 6.07) is 5.81. The van der Waals surface area contributed by atoms with Crippen molar-refractivity contribution in [3.8, 4) is 0 Å². The van der Waals surface area contributed by atoms with E-state index in [0.29, 0.717) is 0 Å². The topological polar surface area (TPSA) is 46.4 Å². The maximum Gasteiger partial charge on any atom is 0.230 e. The van der Waals surface area contributed by atoms with Crippen molar-refractivity contribution in [1.29, 1.82) is 0 Å². The molecule has 1 saturated carbocycles. The molecule has 0 atom stereocenters. The standard InChI is InChI=1S/C13H15N3O/c1-2-13(6-7-13)12(17)15-10-9-14-16-8-4-3-5-11(10)16/h3-5,8-9H,2,6-7H2,1H3,(H,15,17). The van der Waals surface area contributed by atoms with E-state index in [-0.39, 0.29) is 11.3 Å². The van der Waals surface area contributed by atoms with E-state index in [1.807, 2.05) is 24.4 Å². The number of carbonyl (C=O) groups excluding carboxylic acids is 1. The second kappa shape index (κ2) is 3.58. The third-order valence-corrected chi connectivity index (χ3v) is 3.69. The van der Waals surface area contributed by atoms with Crippen LogP contribution in [0.1, 0.15) is 26.2 Å². The Hall–Kier alpha value is -1.84. The first kappa shape index (κ1) is 10.3. The Kier molecular flexibility index (Phi) is 2.18. The van der Waals surface area contributed by atoms with Crippen molar-refractivity contribution in [2.75, 3.05) is 5.32 Å². The molecule has 2 aromatic rings. The lowest BCUT2D eigenvalue weighted by Gasteiger charge is -2.11. The molecule has 0 unspecified atom stereocenters. The normalized spacial score (nSPS) is 17.0. The van der Waals surface area contributed by atoms with Crippen molar-refractivity contribution in [1.82, 2.24) is 9.61 Å². The number of nitrogens with zero attached hydrogens (tertiary/aromatic N) is 2. The van der Waals surface area contributed by atoms with Crippen LogP contribution in [0.2, 0.25) is 0 Å². The molecule has 4 heteroatoms. The van der Waals surface area contributed by atoms with Crippen LogP contribution in [0.3, 0.4) is 0 Å². The van der Waals surface area contributed by atoms with E-state index in [2.05, 4.69) is 17.3 Å². The van der Waals surface area contributed by atoms with Crippen LogP contribution >= 0.6 is 0 Å². The Balaban J connectivity index is 1.88. The van der Waals surface area contributed by atoms with Crippen molar-refractivity contribution >= 4 is 17.1 Å². The fourth-order valence-electron chi connectivity index (χ4n) is 2.18. The van der Waals surface area contributed by atoms with Gasteiger partial charge in [0.05, 0.1) is 17.4 Å². The molecule has 1 aliphatic rings. The van der Waals surface area contributed by atoms with Crippen molar-refractivity contribution in [3.63, 3.8) is 0 Å². The van der Waals surface area contributed by atoms with Crippen molar-refractivity contribution in [2.24, 2.45) is 5.41 Å². The van der Waals surface area contributed by atoms with Gasteiger partial charge in [-0.2, -0.15) is 5.10 Å². The molecule has 1 N–H and O–H groups in total. The minimum Gasteiger partial charge on any atom is -0.322 e. The quantitative estimate of drug-likeness (QED) is 0.878. The number of amides is 1. The van der Waals surface area contributed by atoms with Crippen LogP contribution in [0.5, 0.6) is 0 Å². The highest BCUT2D eigenvalue weighted by atomic mass is 16.2. The molecule has 4 nitrogen and oxygen atoms in total. The van der Waals surface area contributed by atoms with Gasteiger partial charge in [-0.1, -0.05) is 13.0 Å².